The van der Waals surface area contributed by atoms with E-state index in [4.69, 9.17) is 9.47 Å². The molecule has 0 atom stereocenters. The maximum absolute atomic E-state index is 13.9. The van der Waals surface area contributed by atoms with Crippen LogP contribution in [0.1, 0.15) is 147 Å². The van der Waals surface area contributed by atoms with Gasteiger partial charge in [-0.2, -0.15) is 0 Å². The fourth-order valence-corrected chi connectivity index (χ4v) is 4.38. The van der Waals surface area contributed by atoms with Gasteiger partial charge in [-0.05, 0) is 51.3 Å². The van der Waals surface area contributed by atoms with Crippen molar-refractivity contribution in [1.29, 1.82) is 0 Å². The van der Waals surface area contributed by atoms with Gasteiger partial charge in [-0.1, -0.05) is 104 Å². The van der Waals surface area contributed by atoms with Gasteiger partial charge in [-0.3, -0.25) is 0 Å². The zero-order chi connectivity index (χ0) is 31.2. The normalized spacial score (nSPS) is 13.3. The minimum Gasteiger partial charge on any atom is -0.507 e. The SMILES string of the molecule is CC(C)(C)COC(=O)c1cc(C(C)(C)C)c(OC(=O)c2cc(C(C)(C)C)c(O)c(C(C)(C)C)c2)c(C(C)(C)C)c1. The number of rotatable bonds is 4. The molecule has 0 fully saturated rings. The van der Waals surface area contributed by atoms with E-state index in [2.05, 4.69) is 0 Å². The highest BCUT2D eigenvalue weighted by molar-refractivity contribution is 5.94. The molecule has 0 saturated carbocycles. The number of hydrogen-bond acceptors (Lipinski definition) is 5. The van der Waals surface area contributed by atoms with E-state index in [9.17, 15) is 14.7 Å². The van der Waals surface area contributed by atoms with Gasteiger partial charge in [0.25, 0.3) is 0 Å². The van der Waals surface area contributed by atoms with E-state index < -0.39 is 22.8 Å². The van der Waals surface area contributed by atoms with Crippen LogP contribution in [0.3, 0.4) is 0 Å². The number of ether oxygens (including phenoxy) is 2. The molecular weight excluding hydrogens is 500 g/mol. The van der Waals surface area contributed by atoms with Gasteiger partial charge < -0.3 is 14.6 Å². The van der Waals surface area contributed by atoms with E-state index in [-0.39, 0.29) is 22.0 Å². The molecule has 0 amide bonds. The molecule has 0 aromatic heterocycles. The van der Waals surface area contributed by atoms with Gasteiger partial charge in [0, 0.05) is 22.3 Å². The summed E-state index contributed by atoms with van der Waals surface area (Å²) in [5, 5.41) is 11.1. The lowest BCUT2D eigenvalue weighted by Gasteiger charge is -2.30. The summed E-state index contributed by atoms with van der Waals surface area (Å²) in [4.78, 5) is 27.0. The predicted molar refractivity (Wildman–Crippen MR) is 164 cm³/mol. The first-order valence-corrected chi connectivity index (χ1v) is 14.2. The summed E-state index contributed by atoms with van der Waals surface area (Å²) in [5.41, 5.74) is 1.90. The van der Waals surface area contributed by atoms with Gasteiger partial charge in [-0.25, -0.2) is 9.59 Å². The van der Waals surface area contributed by atoms with Crippen molar-refractivity contribution >= 4 is 11.9 Å². The lowest BCUT2D eigenvalue weighted by Crippen LogP contribution is -2.25. The number of carbonyl (C=O) groups is 2. The molecule has 40 heavy (non-hydrogen) atoms. The van der Waals surface area contributed by atoms with E-state index in [0.29, 0.717) is 34.6 Å². The highest BCUT2D eigenvalue weighted by atomic mass is 16.5. The molecule has 1 N–H and O–H groups in total. The first-order chi connectivity index (χ1) is 17.7. The smallest absolute Gasteiger partial charge is 0.343 e. The molecule has 5 nitrogen and oxygen atoms in total. The topological polar surface area (TPSA) is 72.8 Å². The van der Waals surface area contributed by atoms with Crippen LogP contribution in [0.5, 0.6) is 11.5 Å². The summed E-state index contributed by atoms with van der Waals surface area (Å²) >= 11 is 0. The van der Waals surface area contributed by atoms with Crippen LogP contribution in [-0.4, -0.2) is 23.7 Å². The van der Waals surface area contributed by atoms with Crippen LogP contribution >= 0.6 is 0 Å². The Labute approximate surface area is 242 Å². The van der Waals surface area contributed by atoms with Crippen molar-refractivity contribution in [3.63, 3.8) is 0 Å². The highest BCUT2D eigenvalue weighted by Gasteiger charge is 2.33. The second-order valence-electron chi connectivity index (χ2n) is 16.3. The number of hydrogen-bond donors (Lipinski definition) is 1. The van der Waals surface area contributed by atoms with Gasteiger partial charge in [0.15, 0.2) is 0 Å². The Morgan fingerprint density at radius 1 is 0.575 bits per heavy atom. The predicted octanol–water partition coefficient (Wildman–Crippen LogP) is 9.00. The molecule has 0 aliphatic carbocycles. The lowest BCUT2D eigenvalue weighted by molar-refractivity contribution is 0.0366. The Morgan fingerprint density at radius 2 is 0.900 bits per heavy atom. The first-order valence-electron chi connectivity index (χ1n) is 14.2. The first kappa shape index (κ1) is 33.4. The quantitative estimate of drug-likeness (QED) is 0.303. The zero-order valence-electron chi connectivity index (χ0n) is 27.6. The summed E-state index contributed by atoms with van der Waals surface area (Å²) < 4.78 is 11.9. The van der Waals surface area contributed by atoms with E-state index >= 15 is 0 Å². The fourth-order valence-electron chi connectivity index (χ4n) is 4.38. The summed E-state index contributed by atoms with van der Waals surface area (Å²) in [5.74, 6) is -0.234. The molecule has 0 saturated heterocycles. The van der Waals surface area contributed by atoms with Crippen LogP contribution in [0.25, 0.3) is 0 Å². The molecule has 222 valence electrons. The van der Waals surface area contributed by atoms with Crippen molar-refractivity contribution < 1.29 is 24.2 Å². The van der Waals surface area contributed by atoms with Crippen LogP contribution in [0.4, 0.5) is 0 Å². The summed E-state index contributed by atoms with van der Waals surface area (Å²) in [7, 11) is 0. The molecular formula is C35H52O5. The molecule has 0 unspecified atom stereocenters. The minimum absolute atomic E-state index is 0.160. The van der Waals surface area contributed by atoms with Gasteiger partial charge in [0.05, 0.1) is 17.7 Å². The van der Waals surface area contributed by atoms with E-state index in [1.165, 1.54) is 0 Å². The number of aromatic hydroxyl groups is 1. The summed E-state index contributed by atoms with van der Waals surface area (Å²) in [6.07, 6.45) is 0. The Kier molecular flexibility index (Phi) is 9.07. The van der Waals surface area contributed by atoms with Gasteiger partial charge in [-0.15, -0.1) is 0 Å². The average Bonchev–Trinajstić information content (AvgIpc) is 2.73. The van der Waals surface area contributed by atoms with Crippen molar-refractivity contribution in [1.82, 2.24) is 0 Å². The third kappa shape index (κ3) is 8.11. The van der Waals surface area contributed by atoms with E-state index in [1.807, 2.05) is 104 Å². The average molecular weight is 553 g/mol. The molecule has 0 heterocycles. The number of carbonyl (C=O) groups excluding carboxylic acids is 2. The number of phenolic OH excluding ortho intramolecular Hbond substituents is 1. The largest absolute Gasteiger partial charge is 0.507 e. The van der Waals surface area contributed by atoms with Crippen LogP contribution < -0.4 is 4.74 Å². The molecule has 0 aliphatic rings. The van der Waals surface area contributed by atoms with Gasteiger partial charge in [0.1, 0.15) is 11.5 Å². The lowest BCUT2D eigenvalue weighted by atomic mass is 9.78. The van der Waals surface area contributed by atoms with Crippen molar-refractivity contribution in [2.45, 2.75) is 126 Å². The van der Waals surface area contributed by atoms with Crippen molar-refractivity contribution in [3.05, 3.63) is 57.6 Å². The standard InChI is InChI=1S/C35H52O5/c1-31(2,3)20-39-29(37)21-18-25(34(10,11)12)28(26(19-21)35(13,14)15)40-30(38)22-16-23(32(4,5)6)27(36)24(17-22)33(7,8)9/h16-19,36H,20H2,1-15H3. The van der Waals surface area contributed by atoms with Gasteiger partial charge >= 0.3 is 11.9 Å². The Bertz CT molecular complexity index is 1190. The Morgan fingerprint density at radius 3 is 1.23 bits per heavy atom. The van der Waals surface area contributed by atoms with E-state index in [1.54, 1.807) is 24.3 Å². The van der Waals surface area contributed by atoms with Crippen LogP contribution in [0.15, 0.2) is 24.3 Å². The highest BCUT2D eigenvalue weighted by Crippen LogP contribution is 2.43. The molecule has 2 rings (SSSR count). The summed E-state index contributed by atoms with van der Waals surface area (Å²) in [6, 6.07) is 7.05. The molecule has 2 aromatic carbocycles. The molecule has 0 spiro atoms. The van der Waals surface area contributed by atoms with Crippen molar-refractivity contribution in [2.24, 2.45) is 5.41 Å². The third-order valence-corrected chi connectivity index (χ3v) is 6.73. The van der Waals surface area contributed by atoms with Gasteiger partial charge in [0.2, 0.25) is 0 Å². The van der Waals surface area contributed by atoms with E-state index in [0.717, 1.165) is 11.1 Å². The maximum atomic E-state index is 13.9. The Balaban J connectivity index is 2.77. The number of esters is 2. The third-order valence-electron chi connectivity index (χ3n) is 6.73. The summed E-state index contributed by atoms with van der Waals surface area (Å²) in [6.45, 7) is 30.6. The molecule has 0 aliphatic heterocycles. The Hall–Kier alpha value is -2.82. The fraction of sp³-hybridized carbons (Fsp3) is 0.600. The zero-order valence-corrected chi connectivity index (χ0v) is 27.6. The van der Waals surface area contributed by atoms with Crippen LogP contribution in [-0.2, 0) is 26.4 Å². The van der Waals surface area contributed by atoms with Crippen LogP contribution in [0.2, 0.25) is 0 Å². The monoisotopic (exact) mass is 552 g/mol. The second-order valence-corrected chi connectivity index (χ2v) is 16.3. The molecule has 5 heteroatoms. The molecule has 0 radical (unpaired) electrons. The van der Waals surface area contributed by atoms with Crippen molar-refractivity contribution in [3.8, 4) is 11.5 Å². The molecule has 0 bridgehead atoms. The second kappa shape index (κ2) is 10.9. The van der Waals surface area contributed by atoms with Crippen LogP contribution in [0, 0.1) is 5.41 Å². The number of benzene rings is 2. The number of phenols is 1. The van der Waals surface area contributed by atoms with Crippen molar-refractivity contribution in [2.75, 3.05) is 6.61 Å². The molecule has 2 aromatic rings. The minimum atomic E-state index is -0.505. The maximum Gasteiger partial charge on any atom is 0.343 e.